The third kappa shape index (κ3) is 2.52. The number of hydrazone groups is 1. The summed E-state index contributed by atoms with van der Waals surface area (Å²) in [5.74, 6) is -0.207. The number of hydrogen-bond donors (Lipinski definition) is 1. The number of amides is 2. The Hall–Kier alpha value is -3.41. The van der Waals surface area contributed by atoms with Crippen molar-refractivity contribution in [3.8, 4) is 0 Å². The van der Waals surface area contributed by atoms with E-state index in [1.54, 1.807) is 11.1 Å². The molecule has 2 amide bonds. The molecule has 1 aromatic heterocycles. The first-order valence-corrected chi connectivity index (χ1v) is 9.44. The fourth-order valence-corrected chi connectivity index (χ4v) is 4.33. The van der Waals surface area contributed by atoms with E-state index in [9.17, 15) is 9.59 Å². The van der Waals surface area contributed by atoms with Gasteiger partial charge in [-0.25, -0.2) is 5.01 Å². The van der Waals surface area contributed by atoms with Gasteiger partial charge in [0.05, 0.1) is 12.3 Å². The lowest BCUT2D eigenvalue weighted by molar-refractivity contribution is -0.159. The van der Waals surface area contributed by atoms with E-state index in [2.05, 4.69) is 16.2 Å². The lowest BCUT2D eigenvalue weighted by Crippen LogP contribution is -2.61. The number of H-pyrrole nitrogens is 1. The smallest absolute Gasteiger partial charge is 0.266 e. The molecule has 0 aliphatic carbocycles. The average molecular weight is 372 g/mol. The Morgan fingerprint density at radius 3 is 2.64 bits per heavy atom. The fraction of sp³-hybridized carbons (Fsp3) is 0.227. The van der Waals surface area contributed by atoms with Crippen LogP contribution in [0.4, 0.5) is 0 Å². The highest BCUT2D eigenvalue weighted by Gasteiger charge is 2.46. The van der Waals surface area contributed by atoms with Crippen molar-refractivity contribution in [2.45, 2.75) is 25.4 Å². The lowest BCUT2D eigenvalue weighted by atomic mass is 9.90. The molecular weight excluding hydrogens is 352 g/mol. The van der Waals surface area contributed by atoms with Crippen LogP contribution in [0.15, 0.2) is 59.7 Å². The second-order valence-corrected chi connectivity index (χ2v) is 7.31. The zero-order chi connectivity index (χ0) is 19.3. The molecule has 28 heavy (non-hydrogen) atoms. The summed E-state index contributed by atoms with van der Waals surface area (Å²) in [5.41, 5.74) is 4.08. The van der Waals surface area contributed by atoms with Gasteiger partial charge in [-0.2, -0.15) is 5.10 Å². The van der Waals surface area contributed by atoms with Crippen molar-refractivity contribution in [2.75, 3.05) is 6.54 Å². The molecular formula is C22H20N4O2. The minimum absolute atomic E-state index is 0.0292. The summed E-state index contributed by atoms with van der Waals surface area (Å²) in [4.78, 5) is 31.2. The number of piperazine rings is 1. The average Bonchev–Trinajstić information content (AvgIpc) is 3.09. The maximum Gasteiger partial charge on any atom is 0.266 e. The van der Waals surface area contributed by atoms with Gasteiger partial charge in [0, 0.05) is 23.0 Å². The van der Waals surface area contributed by atoms with Crippen LogP contribution in [0.3, 0.4) is 0 Å². The quantitative estimate of drug-likeness (QED) is 0.703. The molecule has 1 N–H and O–H groups in total. The van der Waals surface area contributed by atoms with Gasteiger partial charge in [0.1, 0.15) is 12.6 Å². The number of carbonyl (C=O) groups is 2. The summed E-state index contributed by atoms with van der Waals surface area (Å²) >= 11 is 0. The third-order valence-corrected chi connectivity index (χ3v) is 5.67. The Balaban J connectivity index is 1.50. The molecule has 3 aromatic rings. The van der Waals surface area contributed by atoms with Crippen LogP contribution in [0, 0.1) is 0 Å². The van der Waals surface area contributed by atoms with Crippen molar-refractivity contribution in [3.05, 3.63) is 71.4 Å². The van der Waals surface area contributed by atoms with Gasteiger partial charge in [-0.15, -0.1) is 0 Å². The second kappa shape index (κ2) is 6.34. The molecule has 6 heteroatoms. The number of nitrogens with one attached hydrogen (secondary N) is 1. The van der Waals surface area contributed by atoms with E-state index in [-0.39, 0.29) is 24.4 Å². The number of fused-ring (bicyclic) bond motifs is 4. The number of benzene rings is 2. The van der Waals surface area contributed by atoms with Gasteiger partial charge in [-0.3, -0.25) is 9.59 Å². The van der Waals surface area contributed by atoms with Crippen LogP contribution in [-0.2, 0) is 16.0 Å². The Kier molecular flexibility index (Phi) is 3.79. The molecule has 3 heterocycles. The van der Waals surface area contributed by atoms with Crippen molar-refractivity contribution >= 4 is 28.9 Å². The highest BCUT2D eigenvalue weighted by Crippen LogP contribution is 2.38. The molecule has 2 aliphatic rings. The van der Waals surface area contributed by atoms with E-state index in [1.165, 1.54) is 5.01 Å². The number of para-hydroxylation sites is 1. The summed E-state index contributed by atoms with van der Waals surface area (Å²) in [6.45, 7) is 1.95. The van der Waals surface area contributed by atoms with E-state index in [0.717, 1.165) is 27.7 Å². The monoisotopic (exact) mass is 372 g/mol. The number of aromatic nitrogens is 1. The van der Waals surface area contributed by atoms with E-state index >= 15 is 0 Å². The first-order valence-electron chi connectivity index (χ1n) is 9.44. The number of hydrogen-bond acceptors (Lipinski definition) is 3. The van der Waals surface area contributed by atoms with Crippen molar-refractivity contribution in [3.63, 3.8) is 0 Å². The summed E-state index contributed by atoms with van der Waals surface area (Å²) in [6, 6.07) is 17.0. The number of rotatable bonds is 2. The molecule has 1 fully saturated rings. The summed E-state index contributed by atoms with van der Waals surface area (Å²) in [6.07, 6.45) is 2.13. The first-order chi connectivity index (χ1) is 13.6. The third-order valence-electron chi connectivity index (χ3n) is 5.67. The molecule has 0 unspecified atom stereocenters. The van der Waals surface area contributed by atoms with Crippen LogP contribution in [0.1, 0.15) is 29.8 Å². The van der Waals surface area contributed by atoms with Gasteiger partial charge in [-0.05, 0) is 24.1 Å². The second-order valence-electron chi connectivity index (χ2n) is 7.31. The maximum atomic E-state index is 13.1. The van der Waals surface area contributed by atoms with E-state index in [4.69, 9.17) is 0 Å². The molecule has 0 bridgehead atoms. The minimum Gasteiger partial charge on any atom is -0.356 e. The van der Waals surface area contributed by atoms with Crippen molar-refractivity contribution in [1.82, 2.24) is 14.9 Å². The van der Waals surface area contributed by atoms with Crippen molar-refractivity contribution in [2.24, 2.45) is 5.10 Å². The fourth-order valence-electron chi connectivity index (χ4n) is 4.33. The summed E-state index contributed by atoms with van der Waals surface area (Å²) in [5, 5.41) is 6.74. The summed E-state index contributed by atoms with van der Waals surface area (Å²) < 4.78 is 0. The van der Waals surface area contributed by atoms with Crippen LogP contribution in [0.25, 0.3) is 10.9 Å². The largest absolute Gasteiger partial charge is 0.356 e. The lowest BCUT2D eigenvalue weighted by Gasteiger charge is -2.44. The molecule has 2 aliphatic heterocycles. The molecule has 5 rings (SSSR count). The number of aromatic amines is 1. The van der Waals surface area contributed by atoms with Crippen molar-refractivity contribution < 1.29 is 9.59 Å². The minimum atomic E-state index is -0.518. The highest BCUT2D eigenvalue weighted by molar-refractivity contribution is 5.97. The van der Waals surface area contributed by atoms with Gasteiger partial charge in [0.2, 0.25) is 5.91 Å². The molecule has 0 radical (unpaired) electrons. The predicted octanol–water partition coefficient (Wildman–Crippen LogP) is 2.86. The summed E-state index contributed by atoms with van der Waals surface area (Å²) in [7, 11) is 0. The molecule has 1 saturated heterocycles. The van der Waals surface area contributed by atoms with Crippen LogP contribution >= 0.6 is 0 Å². The van der Waals surface area contributed by atoms with E-state index in [1.807, 2.05) is 55.5 Å². The van der Waals surface area contributed by atoms with E-state index < -0.39 is 6.04 Å². The number of carbonyl (C=O) groups excluding carboxylic acids is 2. The van der Waals surface area contributed by atoms with Gasteiger partial charge < -0.3 is 9.88 Å². The van der Waals surface area contributed by atoms with Crippen molar-refractivity contribution in [1.29, 1.82) is 0 Å². The van der Waals surface area contributed by atoms with Crippen LogP contribution in [-0.4, -0.2) is 45.5 Å². The Labute approximate surface area is 162 Å². The zero-order valence-electron chi connectivity index (χ0n) is 15.5. The van der Waals surface area contributed by atoms with Gasteiger partial charge in [0.15, 0.2) is 0 Å². The first kappa shape index (κ1) is 16.7. The van der Waals surface area contributed by atoms with E-state index in [0.29, 0.717) is 6.42 Å². The van der Waals surface area contributed by atoms with Crippen LogP contribution in [0.5, 0.6) is 0 Å². The van der Waals surface area contributed by atoms with Gasteiger partial charge >= 0.3 is 0 Å². The highest BCUT2D eigenvalue weighted by atomic mass is 16.2. The van der Waals surface area contributed by atoms with Crippen LogP contribution in [0.2, 0.25) is 0 Å². The normalized spacial score (nSPS) is 22.0. The Morgan fingerprint density at radius 2 is 1.82 bits per heavy atom. The number of nitrogens with zero attached hydrogens (tertiary/aromatic N) is 3. The van der Waals surface area contributed by atoms with Gasteiger partial charge in [-0.1, -0.05) is 48.5 Å². The predicted molar refractivity (Wildman–Crippen MR) is 107 cm³/mol. The standard InChI is InChI=1S/C22H20N4O2/c1-14-21-17(16-9-5-6-10-18(16)24-21)11-19-22(28)25(13-20(27)26(14)19)23-12-15-7-3-2-4-8-15/h2-10,12,14,19,24H,11,13H2,1H3/b23-12+/t14-,19-/m1/s1. The topological polar surface area (TPSA) is 68.8 Å². The Bertz CT molecular complexity index is 1100. The van der Waals surface area contributed by atoms with Gasteiger partial charge in [0.25, 0.3) is 5.91 Å². The van der Waals surface area contributed by atoms with Crippen LogP contribution < -0.4 is 0 Å². The SMILES string of the molecule is C[C@@H]1c2[nH]c3ccccc3c2C[C@@H]2C(=O)N(/N=C/c3ccccc3)CC(=O)N21. The molecule has 0 saturated carbocycles. The molecule has 2 atom stereocenters. The Morgan fingerprint density at radius 1 is 1.07 bits per heavy atom. The molecule has 6 nitrogen and oxygen atoms in total. The molecule has 2 aromatic carbocycles. The zero-order valence-corrected chi connectivity index (χ0v) is 15.5. The molecule has 0 spiro atoms. The molecule has 140 valence electrons. The maximum absolute atomic E-state index is 13.1.